The smallest absolute Gasteiger partial charge is 0.387 e. The van der Waals surface area contributed by atoms with Crippen molar-refractivity contribution >= 4 is 0 Å². The normalized spacial score (nSPS) is 12.6. The average Bonchev–Trinajstić information content (AvgIpc) is 2.14. The van der Waals surface area contributed by atoms with Crippen molar-refractivity contribution in [3.8, 4) is 5.75 Å². The van der Waals surface area contributed by atoms with Crippen LogP contribution in [0.2, 0.25) is 0 Å². The molecule has 0 N–H and O–H groups in total. The zero-order valence-corrected chi connectivity index (χ0v) is 8.21. The fourth-order valence-corrected chi connectivity index (χ4v) is 1.15. The molecule has 0 heterocycles. The molecule has 0 amide bonds. The molecule has 0 saturated heterocycles. The van der Waals surface area contributed by atoms with Crippen LogP contribution in [-0.2, 0) is 0 Å². The van der Waals surface area contributed by atoms with E-state index >= 15 is 0 Å². The van der Waals surface area contributed by atoms with Crippen LogP contribution < -0.4 is 4.74 Å². The van der Waals surface area contributed by atoms with Crippen molar-refractivity contribution in [2.24, 2.45) is 0 Å². The number of allylic oxidation sites excluding steroid dienone is 1. The molecule has 1 rings (SSSR count). The number of alkyl halides is 2. The number of hydrogen-bond donors (Lipinski definition) is 0. The van der Waals surface area contributed by atoms with Gasteiger partial charge in [-0.15, -0.1) is 6.58 Å². The molecular formula is C11H11F3O. The minimum Gasteiger partial charge on any atom is -0.435 e. The van der Waals surface area contributed by atoms with Crippen molar-refractivity contribution in [2.75, 3.05) is 0 Å². The molecule has 0 bridgehead atoms. The fraction of sp³-hybridized carbons (Fsp3) is 0.273. The lowest BCUT2D eigenvalue weighted by molar-refractivity contribution is -0.0500. The molecule has 0 aliphatic carbocycles. The Hall–Kier alpha value is -1.45. The van der Waals surface area contributed by atoms with Crippen LogP contribution in [0.3, 0.4) is 0 Å². The Kier molecular flexibility index (Phi) is 3.77. The summed E-state index contributed by atoms with van der Waals surface area (Å²) in [6.07, 6.45) is 1.60. The van der Waals surface area contributed by atoms with Gasteiger partial charge in [-0.05, 0) is 23.6 Å². The first-order valence-electron chi connectivity index (χ1n) is 4.40. The molecule has 1 unspecified atom stereocenters. The van der Waals surface area contributed by atoms with Gasteiger partial charge in [-0.1, -0.05) is 13.0 Å². The lowest BCUT2D eigenvalue weighted by Crippen LogP contribution is -2.03. The van der Waals surface area contributed by atoms with Gasteiger partial charge in [0.15, 0.2) is 0 Å². The minimum absolute atomic E-state index is 0.110. The highest BCUT2D eigenvalue weighted by Crippen LogP contribution is 2.24. The molecular weight excluding hydrogens is 205 g/mol. The van der Waals surface area contributed by atoms with Crippen LogP contribution in [0.5, 0.6) is 5.75 Å². The summed E-state index contributed by atoms with van der Waals surface area (Å²) in [5, 5.41) is 0. The first-order chi connectivity index (χ1) is 7.02. The maximum atomic E-state index is 13.0. The van der Waals surface area contributed by atoms with E-state index in [9.17, 15) is 13.2 Å². The van der Waals surface area contributed by atoms with E-state index in [1.54, 1.807) is 13.0 Å². The summed E-state index contributed by atoms with van der Waals surface area (Å²) in [5.41, 5.74) is 0.556. The molecule has 1 aromatic carbocycles. The predicted molar refractivity (Wildman–Crippen MR) is 51.6 cm³/mol. The highest BCUT2D eigenvalue weighted by atomic mass is 19.3. The molecule has 1 aromatic rings. The van der Waals surface area contributed by atoms with Crippen molar-refractivity contribution in [1.29, 1.82) is 0 Å². The first kappa shape index (κ1) is 11.6. The largest absolute Gasteiger partial charge is 0.435 e. The van der Waals surface area contributed by atoms with Crippen LogP contribution >= 0.6 is 0 Å². The number of rotatable bonds is 4. The molecule has 0 fully saturated rings. The molecule has 82 valence electrons. The average molecular weight is 216 g/mol. The van der Waals surface area contributed by atoms with Crippen molar-refractivity contribution in [1.82, 2.24) is 0 Å². The number of hydrogen-bond acceptors (Lipinski definition) is 1. The highest BCUT2D eigenvalue weighted by molar-refractivity contribution is 5.33. The van der Waals surface area contributed by atoms with Gasteiger partial charge in [0.25, 0.3) is 0 Å². The summed E-state index contributed by atoms with van der Waals surface area (Å²) in [7, 11) is 0. The van der Waals surface area contributed by atoms with Crippen molar-refractivity contribution in [3.63, 3.8) is 0 Å². The van der Waals surface area contributed by atoms with E-state index in [4.69, 9.17) is 0 Å². The van der Waals surface area contributed by atoms with E-state index in [0.29, 0.717) is 5.56 Å². The summed E-state index contributed by atoms with van der Waals surface area (Å²) >= 11 is 0. The van der Waals surface area contributed by atoms with Crippen LogP contribution in [0.4, 0.5) is 13.2 Å². The SMILES string of the molecule is C=CC(C)c1cc(F)cc(OC(F)F)c1. The van der Waals surface area contributed by atoms with E-state index in [0.717, 1.165) is 6.07 Å². The molecule has 0 aliphatic rings. The van der Waals surface area contributed by atoms with E-state index in [1.165, 1.54) is 12.1 Å². The molecule has 0 radical (unpaired) electrons. The maximum Gasteiger partial charge on any atom is 0.387 e. The van der Waals surface area contributed by atoms with Crippen molar-refractivity contribution < 1.29 is 17.9 Å². The van der Waals surface area contributed by atoms with Gasteiger partial charge >= 0.3 is 6.61 Å². The summed E-state index contributed by atoms with van der Waals surface area (Å²) in [5.74, 6) is -0.883. The zero-order valence-electron chi connectivity index (χ0n) is 8.21. The molecule has 4 heteroatoms. The Labute approximate surface area is 86.2 Å². The monoisotopic (exact) mass is 216 g/mol. The van der Waals surface area contributed by atoms with Gasteiger partial charge in [-0.3, -0.25) is 0 Å². The third kappa shape index (κ3) is 3.31. The number of ether oxygens (including phenoxy) is 1. The Morgan fingerprint density at radius 1 is 1.33 bits per heavy atom. The van der Waals surface area contributed by atoms with Crippen LogP contribution in [0.1, 0.15) is 18.4 Å². The van der Waals surface area contributed by atoms with Gasteiger partial charge in [0.05, 0.1) is 0 Å². The van der Waals surface area contributed by atoms with Crippen LogP contribution in [0, 0.1) is 5.82 Å². The van der Waals surface area contributed by atoms with Crippen molar-refractivity contribution in [2.45, 2.75) is 19.5 Å². The Bertz CT molecular complexity index is 350. The summed E-state index contributed by atoms with van der Waals surface area (Å²) in [6, 6.07) is 3.57. The number of benzene rings is 1. The molecule has 15 heavy (non-hydrogen) atoms. The molecule has 1 nitrogen and oxygen atoms in total. The Morgan fingerprint density at radius 2 is 2.00 bits per heavy atom. The van der Waals surface area contributed by atoms with E-state index in [-0.39, 0.29) is 11.7 Å². The van der Waals surface area contributed by atoms with Crippen LogP contribution in [0.25, 0.3) is 0 Å². The standard InChI is InChI=1S/C11H11F3O/c1-3-7(2)8-4-9(12)6-10(5-8)15-11(13)14/h3-7,11H,1H2,2H3. The molecule has 0 aromatic heterocycles. The quantitative estimate of drug-likeness (QED) is 0.697. The third-order valence-electron chi connectivity index (χ3n) is 2.00. The lowest BCUT2D eigenvalue weighted by atomic mass is 10.0. The van der Waals surface area contributed by atoms with E-state index in [1.807, 2.05) is 0 Å². The molecule has 0 aliphatic heterocycles. The summed E-state index contributed by atoms with van der Waals surface area (Å²) in [4.78, 5) is 0. The van der Waals surface area contributed by atoms with E-state index < -0.39 is 12.4 Å². The van der Waals surface area contributed by atoms with Gasteiger partial charge in [0.1, 0.15) is 11.6 Å². The highest BCUT2D eigenvalue weighted by Gasteiger charge is 2.09. The van der Waals surface area contributed by atoms with Gasteiger partial charge in [0, 0.05) is 6.07 Å². The molecule has 0 saturated carbocycles. The van der Waals surface area contributed by atoms with Gasteiger partial charge in [-0.25, -0.2) is 4.39 Å². The third-order valence-corrected chi connectivity index (χ3v) is 2.00. The van der Waals surface area contributed by atoms with Gasteiger partial charge in [-0.2, -0.15) is 8.78 Å². The zero-order chi connectivity index (χ0) is 11.4. The second-order valence-corrected chi connectivity index (χ2v) is 3.12. The topological polar surface area (TPSA) is 9.23 Å². The fourth-order valence-electron chi connectivity index (χ4n) is 1.15. The van der Waals surface area contributed by atoms with Crippen LogP contribution in [0.15, 0.2) is 30.9 Å². The number of halogens is 3. The first-order valence-corrected chi connectivity index (χ1v) is 4.40. The second-order valence-electron chi connectivity index (χ2n) is 3.12. The molecule has 0 spiro atoms. The van der Waals surface area contributed by atoms with Crippen LogP contribution in [-0.4, -0.2) is 6.61 Å². The second kappa shape index (κ2) is 4.87. The van der Waals surface area contributed by atoms with Gasteiger partial charge < -0.3 is 4.74 Å². The Balaban J connectivity index is 2.99. The van der Waals surface area contributed by atoms with Gasteiger partial charge in [0.2, 0.25) is 0 Å². The Morgan fingerprint density at radius 3 is 2.53 bits per heavy atom. The predicted octanol–water partition coefficient (Wildman–Crippen LogP) is 3.72. The maximum absolute atomic E-state index is 13.0. The summed E-state index contributed by atoms with van der Waals surface area (Å²) < 4.78 is 40.9. The molecule has 1 atom stereocenters. The van der Waals surface area contributed by atoms with Crippen molar-refractivity contribution in [3.05, 3.63) is 42.2 Å². The summed E-state index contributed by atoms with van der Waals surface area (Å²) in [6.45, 7) is 2.39. The minimum atomic E-state index is -2.95. The van der Waals surface area contributed by atoms with E-state index in [2.05, 4.69) is 11.3 Å². The lowest BCUT2D eigenvalue weighted by Gasteiger charge is -2.10.